The molecule has 6 heteroatoms. The van der Waals surface area contributed by atoms with Gasteiger partial charge in [-0.1, -0.05) is 35.9 Å². The number of nitrogens with zero attached hydrogens (tertiary/aromatic N) is 2. The Kier molecular flexibility index (Phi) is 3.72. The summed E-state index contributed by atoms with van der Waals surface area (Å²) in [6, 6.07) is 12.0. The summed E-state index contributed by atoms with van der Waals surface area (Å²) in [4.78, 5) is 4.59. The predicted molar refractivity (Wildman–Crippen MR) is 87.0 cm³/mol. The number of aryl methyl sites for hydroxylation is 1. The Morgan fingerprint density at radius 1 is 1.09 bits per heavy atom. The molecule has 2 heterocycles. The molecule has 0 aliphatic heterocycles. The first-order valence-electron chi connectivity index (χ1n) is 6.90. The van der Waals surface area contributed by atoms with Crippen molar-refractivity contribution < 1.29 is 8.42 Å². The number of hydrogen-bond acceptors (Lipinski definition) is 3. The molecule has 114 valence electrons. The summed E-state index contributed by atoms with van der Waals surface area (Å²) in [5.41, 5.74) is 4.88. The van der Waals surface area contributed by atoms with Gasteiger partial charge in [0, 0.05) is 24.5 Å². The van der Waals surface area contributed by atoms with Crippen LogP contribution in [0.4, 0.5) is 0 Å². The molecule has 5 nitrogen and oxygen atoms in total. The normalized spacial score (nSPS) is 11.9. The maximum atomic E-state index is 11.2. The highest BCUT2D eigenvalue weighted by atomic mass is 32.2. The number of nitrogens with one attached hydrogen (secondary N) is 1. The molecule has 0 spiro atoms. The summed E-state index contributed by atoms with van der Waals surface area (Å²) >= 11 is 0. The number of pyridine rings is 1. The molecule has 0 aliphatic rings. The van der Waals surface area contributed by atoms with Crippen LogP contribution in [0.25, 0.3) is 16.9 Å². The molecular formula is C16H17N3O2S. The highest BCUT2D eigenvalue weighted by Gasteiger charge is 2.06. The minimum absolute atomic E-state index is 0.271. The van der Waals surface area contributed by atoms with Gasteiger partial charge >= 0.3 is 0 Å². The molecule has 22 heavy (non-hydrogen) atoms. The number of aromatic nitrogens is 2. The molecule has 0 aliphatic carbocycles. The largest absolute Gasteiger partial charge is 0.306 e. The van der Waals surface area contributed by atoms with Crippen LogP contribution in [0.1, 0.15) is 11.1 Å². The Balaban J connectivity index is 1.91. The van der Waals surface area contributed by atoms with Crippen molar-refractivity contribution in [3.8, 4) is 11.3 Å². The molecule has 3 aromatic rings. The lowest BCUT2D eigenvalue weighted by Gasteiger charge is -2.03. The molecular weight excluding hydrogens is 298 g/mol. The number of benzene rings is 1. The lowest BCUT2D eigenvalue weighted by molar-refractivity contribution is 0.587. The minimum Gasteiger partial charge on any atom is -0.306 e. The zero-order chi connectivity index (χ0) is 15.7. The van der Waals surface area contributed by atoms with E-state index in [1.165, 1.54) is 5.56 Å². The van der Waals surface area contributed by atoms with Crippen LogP contribution in [0.15, 0.2) is 48.8 Å². The molecule has 1 N–H and O–H groups in total. The Labute approximate surface area is 129 Å². The van der Waals surface area contributed by atoms with Gasteiger partial charge in [-0.15, -0.1) is 0 Å². The molecule has 2 aromatic heterocycles. The van der Waals surface area contributed by atoms with Gasteiger partial charge in [-0.3, -0.25) is 0 Å². The topological polar surface area (TPSA) is 63.5 Å². The molecule has 1 aromatic carbocycles. The van der Waals surface area contributed by atoms with Crippen molar-refractivity contribution in [2.75, 3.05) is 6.26 Å². The smallest absolute Gasteiger partial charge is 0.209 e. The van der Waals surface area contributed by atoms with Gasteiger partial charge in [0.25, 0.3) is 0 Å². The molecule has 0 fully saturated rings. The first-order chi connectivity index (χ1) is 10.4. The molecule has 0 unspecified atom stereocenters. The van der Waals surface area contributed by atoms with E-state index in [4.69, 9.17) is 0 Å². The lowest BCUT2D eigenvalue weighted by Crippen LogP contribution is -2.21. The Morgan fingerprint density at radius 2 is 1.82 bits per heavy atom. The van der Waals surface area contributed by atoms with E-state index in [0.717, 1.165) is 28.7 Å². The van der Waals surface area contributed by atoms with Crippen molar-refractivity contribution in [2.24, 2.45) is 0 Å². The quantitative estimate of drug-likeness (QED) is 0.804. The van der Waals surface area contributed by atoms with Gasteiger partial charge in [-0.25, -0.2) is 18.1 Å². The number of rotatable bonds is 4. The average Bonchev–Trinajstić information content (AvgIpc) is 2.88. The average molecular weight is 315 g/mol. The van der Waals surface area contributed by atoms with Crippen molar-refractivity contribution in [1.29, 1.82) is 0 Å². The number of hydrogen-bond donors (Lipinski definition) is 1. The molecule has 0 saturated carbocycles. The molecule has 0 bridgehead atoms. The molecule has 3 rings (SSSR count). The van der Waals surface area contributed by atoms with Crippen LogP contribution in [-0.4, -0.2) is 24.1 Å². The van der Waals surface area contributed by atoms with E-state index in [1.54, 1.807) is 0 Å². The van der Waals surface area contributed by atoms with Gasteiger partial charge in [0.1, 0.15) is 5.65 Å². The summed E-state index contributed by atoms with van der Waals surface area (Å²) in [5, 5.41) is 0. The lowest BCUT2D eigenvalue weighted by atomic mass is 10.1. The van der Waals surface area contributed by atoms with Gasteiger partial charge in [0.2, 0.25) is 10.0 Å². The SMILES string of the molecule is Cc1ccc(-c2cn3cc(CNS(C)(=O)=O)ccc3n2)cc1. The van der Waals surface area contributed by atoms with Crippen LogP contribution in [0.2, 0.25) is 0 Å². The fraction of sp³-hybridized carbons (Fsp3) is 0.188. The fourth-order valence-corrected chi connectivity index (χ4v) is 2.65. The summed E-state index contributed by atoms with van der Waals surface area (Å²) in [6.45, 7) is 2.32. The van der Waals surface area contributed by atoms with E-state index in [9.17, 15) is 8.42 Å². The standard InChI is InChI=1S/C16H17N3O2S/c1-12-3-6-14(7-4-12)15-11-19-10-13(5-8-16(19)18-15)9-17-22(2,20)21/h3-8,10-11,17H,9H2,1-2H3. The van der Waals surface area contributed by atoms with Gasteiger partial charge in [0.05, 0.1) is 11.9 Å². The fourth-order valence-electron chi connectivity index (χ4n) is 2.22. The van der Waals surface area contributed by atoms with Crippen molar-refractivity contribution in [1.82, 2.24) is 14.1 Å². The highest BCUT2D eigenvalue weighted by molar-refractivity contribution is 7.88. The second kappa shape index (κ2) is 5.55. The third-order valence-corrected chi connectivity index (χ3v) is 4.07. The minimum atomic E-state index is -3.19. The first kappa shape index (κ1) is 14.7. The van der Waals surface area contributed by atoms with Crippen LogP contribution in [0.3, 0.4) is 0 Å². The van der Waals surface area contributed by atoms with Crippen molar-refractivity contribution in [3.05, 3.63) is 59.9 Å². The van der Waals surface area contributed by atoms with Gasteiger partial charge in [0.15, 0.2) is 0 Å². The summed E-state index contributed by atoms with van der Waals surface area (Å²) in [5.74, 6) is 0. The monoisotopic (exact) mass is 315 g/mol. The van der Waals surface area contributed by atoms with Crippen molar-refractivity contribution >= 4 is 15.7 Å². The number of fused-ring (bicyclic) bond motifs is 1. The van der Waals surface area contributed by atoms with E-state index >= 15 is 0 Å². The third-order valence-electron chi connectivity index (χ3n) is 3.40. The summed E-state index contributed by atoms with van der Waals surface area (Å²) in [6.07, 6.45) is 4.99. The van der Waals surface area contributed by atoms with Crippen LogP contribution in [0, 0.1) is 6.92 Å². The Morgan fingerprint density at radius 3 is 2.50 bits per heavy atom. The van der Waals surface area contributed by atoms with E-state index in [1.807, 2.05) is 41.1 Å². The summed E-state index contributed by atoms with van der Waals surface area (Å²) in [7, 11) is -3.19. The van der Waals surface area contributed by atoms with Crippen LogP contribution in [-0.2, 0) is 16.6 Å². The van der Waals surface area contributed by atoms with E-state index in [2.05, 4.69) is 28.8 Å². The Hall–Kier alpha value is -2.18. The van der Waals surface area contributed by atoms with Gasteiger partial charge in [-0.2, -0.15) is 0 Å². The second-order valence-electron chi connectivity index (χ2n) is 5.39. The molecule has 0 atom stereocenters. The predicted octanol–water partition coefficient (Wildman–Crippen LogP) is 2.36. The third kappa shape index (κ3) is 3.35. The van der Waals surface area contributed by atoms with E-state index in [0.29, 0.717) is 0 Å². The zero-order valence-corrected chi connectivity index (χ0v) is 13.3. The second-order valence-corrected chi connectivity index (χ2v) is 7.22. The van der Waals surface area contributed by atoms with Crippen LogP contribution in [0.5, 0.6) is 0 Å². The maximum Gasteiger partial charge on any atom is 0.209 e. The molecule has 0 saturated heterocycles. The maximum absolute atomic E-state index is 11.2. The van der Waals surface area contributed by atoms with Crippen molar-refractivity contribution in [2.45, 2.75) is 13.5 Å². The van der Waals surface area contributed by atoms with Crippen LogP contribution < -0.4 is 4.72 Å². The van der Waals surface area contributed by atoms with Crippen LogP contribution >= 0.6 is 0 Å². The molecule has 0 amide bonds. The molecule has 0 radical (unpaired) electrons. The summed E-state index contributed by atoms with van der Waals surface area (Å²) < 4.78 is 26.7. The first-order valence-corrected chi connectivity index (χ1v) is 8.79. The zero-order valence-electron chi connectivity index (χ0n) is 12.4. The number of imidazole rings is 1. The van der Waals surface area contributed by atoms with Crippen molar-refractivity contribution in [3.63, 3.8) is 0 Å². The number of sulfonamides is 1. The Bertz CT molecular complexity index is 912. The van der Waals surface area contributed by atoms with E-state index < -0.39 is 10.0 Å². The van der Waals surface area contributed by atoms with Gasteiger partial charge < -0.3 is 4.40 Å². The van der Waals surface area contributed by atoms with Gasteiger partial charge in [-0.05, 0) is 18.6 Å². The highest BCUT2D eigenvalue weighted by Crippen LogP contribution is 2.20. The van der Waals surface area contributed by atoms with E-state index in [-0.39, 0.29) is 6.54 Å².